The van der Waals surface area contributed by atoms with E-state index in [9.17, 15) is 10.1 Å². The number of hydrogen-bond acceptors (Lipinski definition) is 5. The van der Waals surface area contributed by atoms with Gasteiger partial charge in [-0.25, -0.2) is 0 Å². The standard InChI is InChI=1S/C14H18N4O2.2ClH/c1-11-2-3-12(10-14(11)18(19)20)13(4-5-15)17-8-6-16-7-9-17;;/h2-3,10,13,16H,4,6-9H2,1H3;2*1H/t13-;;/m1../s1. The fourth-order valence-corrected chi connectivity index (χ4v) is 2.57. The number of piperazine rings is 1. The minimum atomic E-state index is -0.361. The van der Waals surface area contributed by atoms with Crippen LogP contribution in [0.2, 0.25) is 0 Å². The van der Waals surface area contributed by atoms with E-state index in [0.29, 0.717) is 12.0 Å². The van der Waals surface area contributed by atoms with Gasteiger partial charge >= 0.3 is 0 Å². The van der Waals surface area contributed by atoms with Crippen LogP contribution in [0.25, 0.3) is 0 Å². The number of nitrogens with zero attached hydrogens (tertiary/aromatic N) is 3. The molecule has 0 radical (unpaired) electrons. The summed E-state index contributed by atoms with van der Waals surface area (Å²) in [6, 6.07) is 7.40. The minimum absolute atomic E-state index is 0. The number of nitro benzene ring substituents is 1. The summed E-state index contributed by atoms with van der Waals surface area (Å²) < 4.78 is 0. The van der Waals surface area contributed by atoms with Crippen LogP contribution in [0.15, 0.2) is 18.2 Å². The highest BCUT2D eigenvalue weighted by atomic mass is 35.5. The van der Waals surface area contributed by atoms with E-state index in [4.69, 9.17) is 5.26 Å². The number of halogens is 2. The van der Waals surface area contributed by atoms with Gasteiger partial charge in [-0.2, -0.15) is 5.26 Å². The topological polar surface area (TPSA) is 82.2 Å². The van der Waals surface area contributed by atoms with Crippen molar-refractivity contribution >= 4 is 30.5 Å². The van der Waals surface area contributed by atoms with Crippen LogP contribution in [0.1, 0.15) is 23.6 Å². The average Bonchev–Trinajstić information content (AvgIpc) is 2.46. The van der Waals surface area contributed by atoms with Crippen LogP contribution < -0.4 is 5.32 Å². The van der Waals surface area contributed by atoms with Crippen LogP contribution in [0, 0.1) is 28.4 Å². The number of benzene rings is 1. The Bertz CT molecular complexity index is 542. The van der Waals surface area contributed by atoms with Crippen LogP contribution in [-0.4, -0.2) is 36.0 Å². The van der Waals surface area contributed by atoms with Crippen molar-refractivity contribution in [2.75, 3.05) is 26.2 Å². The van der Waals surface area contributed by atoms with E-state index in [-0.39, 0.29) is 41.5 Å². The number of nitrogens with one attached hydrogen (secondary N) is 1. The Morgan fingerprint density at radius 3 is 2.59 bits per heavy atom. The second kappa shape index (κ2) is 9.59. The van der Waals surface area contributed by atoms with Gasteiger partial charge in [0.25, 0.3) is 5.69 Å². The van der Waals surface area contributed by atoms with E-state index in [1.807, 2.05) is 6.07 Å². The molecule has 0 aromatic heterocycles. The van der Waals surface area contributed by atoms with Gasteiger partial charge in [-0.3, -0.25) is 15.0 Å². The van der Waals surface area contributed by atoms with Crippen molar-refractivity contribution in [2.24, 2.45) is 0 Å². The third-order valence-electron chi connectivity index (χ3n) is 3.69. The molecule has 0 aliphatic carbocycles. The molecule has 1 saturated heterocycles. The molecule has 1 atom stereocenters. The lowest BCUT2D eigenvalue weighted by molar-refractivity contribution is -0.385. The lowest BCUT2D eigenvalue weighted by Crippen LogP contribution is -2.45. The number of nitriles is 1. The van der Waals surface area contributed by atoms with Crippen LogP contribution in [0.3, 0.4) is 0 Å². The van der Waals surface area contributed by atoms with Crippen molar-refractivity contribution in [1.82, 2.24) is 10.2 Å². The molecule has 1 aromatic rings. The molecule has 1 aliphatic rings. The van der Waals surface area contributed by atoms with Gasteiger partial charge in [-0.15, -0.1) is 24.8 Å². The molecule has 1 aromatic carbocycles. The maximum absolute atomic E-state index is 11.0. The molecule has 1 heterocycles. The Morgan fingerprint density at radius 2 is 2.05 bits per heavy atom. The number of nitro groups is 1. The van der Waals surface area contributed by atoms with Crippen molar-refractivity contribution in [3.05, 3.63) is 39.4 Å². The Kier molecular flexibility index (Phi) is 8.99. The molecule has 0 saturated carbocycles. The second-order valence-electron chi connectivity index (χ2n) is 4.97. The fraction of sp³-hybridized carbons (Fsp3) is 0.500. The van der Waals surface area contributed by atoms with Gasteiger partial charge in [-0.05, 0) is 12.5 Å². The molecule has 22 heavy (non-hydrogen) atoms. The van der Waals surface area contributed by atoms with Gasteiger partial charge in [0.2, 0.25) is 0 Å². The first kappa shape index (κ1) is 20.6. The van der Waals surface area contributed by atoms with Gasteiger partial charge in [0.1, 0.15) is 0 Å². The highest BCUT2D eigenvalue weighted by Gasteiger charge is 2.24. The summed E-state index contributed by atoms with van der Waals surface area (Å²) in [4.78, 5) is 12.9. The van der Waals surface area contributed by atoms with Crippen molar-refractivity contribution in [3.8, 4) is 6.07 Å². The number of hydrogen-bond donors (Lipinski definition) is 1. The van der Waals surface area contributed by atoms with E-state index < -0.39 is 0 Å². The number of aryl methyl sites for hydroxylation is 1. The molecule has 1 fully saturated rings. The summed E-state index contributed by atoms with van der Waals surface area (Å²) in [5, 5.41) is 23.4. The molecule has 8 heteroatoms. The predicted molar refractivity (Wildman–Crippen MR) is 89.7 cm³/mol. The van der Waals surface area contributed by atoms with E-state index >= 15 is 0 Å². The van der Waals surface area contributed by atoms with Crippen LogP contribution in [-0.2, 0) is 0 Å². The molecular formula is C14H20Cl2N4O2. The molecule has 6 nitrogen and oxygen atoms in total. The maximum atomic E-state index is 11.0. The lowest BCUT2D eigenvalue weighted by Gasteiger charge is -2.34. The quantitative estimate of drug-likeness (QED) is 0.669. The first-order chi connectivity index (χ1) is 9.63. The van der Waals surface area contributed by atoms with E-state index in [1.165, 1.54) is 0 Å². The summed E-state index contributed by atoms with van der Waals surface area (Å²) in [5.41, 5.74) is 1.63. The van der Waals surface area contributed by atoms with Gasteiger partial charge in [0.15, 0.2) is 0 Å². The maximum Gasteiger partial charge on any atom is 0.272 e. The Morgan fingerprint density at radius 1 is 1.41 bits per heavy atom. The van der Waals surface area contributed by atoms with E-state index in [0.717, 1.165) is 31.7 Å². The summed E-state index contributed by atoms with van der Waals surface area (Å²) in [7, 11) is 0. The Balaban J connectivity index is 0.00000220. The smallest absolute Gasteiger partial charge is 0.272 e. The van der Waals surface area contributed by atoms with Crippen molar-refractivity contribution in [3.63, 3.8) is 0 Å². The van der Waals surface area contributed by atoms with Gasteiger partial charge in [0, 0.05) is 43.9 Å². The molecule has 0 amide bonds. The van der Waals surface area contributed by atoms with Crippen LogP contribution in [0.5, 0.6) is 0 Å². The zero-order chi connectivity index (χ0) is 14.5. The zero-order valence-electron chi connectivity index (χ0n) is 12.3. The van der Waals surface area contributed by atoms with Gasteiger partial charge in [0.05, 0.1) is 17.4 Å². The van der Waals surface area contributed by atoms with Crippen molar-refractivity contribution in [2.45, 2.75) is 19.4 Å². The van der Waals surface area contributed by atoms with Gasteiger partial charge < -0.3 is 5.32 Å². The lowest BCUT2D eigenvalue weighted by atomic mass is 9.99. The van der Waals surface area contributed by atoms with Crippen molar-refractivity contribution in [1.29, 1.82) is 5.26 Å². The molecule has 0 unspecified atom stereocenters. The Hall–Kier alpha value is -1.39. The molecule has 1 aliphatic heterocycles. The van der Waals surface area contributed by atoms with Crippen LogP contribution in [0.4, 0.5) is 5.69 Å². The summed E-state index contributed by atoms with van der Waals surface area (Å²) in [5.74, 6) is 0. The fourth-order valence-electron chi connectivity index (χ4n) is 2.57. The summed E-state index contributed by atoms with van der Waals surface area (Å²) in [6.45, 7) is 5.21. The SMILES string of the molecule is Cc1ccc([C@@H](CC#N)N2CCNCC2)cc1[N+](=O)[O-].Cl.Cl. The average molecular weight is 347 g/mol. The van der Waals surface area contributed by atoms with E-state index in [2.05, 4.69) is 16.3 Å². The Labute approximate surface area is 142 Å². The molecular weight excluding hydrogens is 327 g/mol. The minimum Gasteiger partial charge on any atom is -0.314 e. The first-order valence-corrected chi connectivity index (χ1v) is 6.70. The molecule has 1 N–H and O–H groups in total. The number of rotatable bonds is 4. The summed E-state index contributed by atoms with van der Waals surface area (Å²) in [6.07, 6.45) is 0.347. The molecule has 0 spiro atoms. The largest absolute Gasteiger partial charge is 0.314 e. The second-order valence-corrected chi connectivity index (χ2v) is 4.97. The first-order valence-electron chi connectivity index (χ1n) is 6.70. The third-order valence-corrected chi connectivity index (χ3v) is 3.69. The van der Waals surface area contributed by atoms with Crippen LogP contribution >= 0.6 is 24.8 Å². The molecule has 2 rings (SSSR count). The highest BCUT2D eigenvalue weighted by molar-refractivity contribution is 5.85. The zero-order valence-corrected chi connectivity index (χ0v) is 14.0. The highest BCUT2D eigenvalue weighted by Crippen LogP contribution is 2.29. The normalized spacial score (nSPS) is 15.8. The predicted octanol–water partition coefficient (Wildman–Crippen LogP) is 2.61. The van der Waals surface area contributed by atoms with Crippen molar-refractivity contribution < 1.29 is 4.92 Å². The van der Waals surface area contributed by atoms with Gasteiger partial charge in [-0.1, -0.05) is 12.1 Å². The van der Waals surface area contributed by atoms with E-state index in [1.54, 1.807) is 19.1 Å². The monoisotopic (exact) mass is 346 g/mol. The summed E-state index contributed by atoms with van der Waals surface area (Å²) >= 11 is 0. The molecule has 0 bridgehead atoms. The third kappa shape index (κ3) is 4.82. The molecule has 122 valence electrons.